The van der Waals surface area contributed by atoms with Crippen LogP contribution in [0.2, 0.25) is 0 Å². The second-order valence-corrected chi connectivity index (χ2v) is 6.93. The van der Waals surface area contributed by atoms with Gasteiger partial charge in [-0.1, -0.05) is 19.1 Å². The van der Waals surface area contributed by atoms with Crippen LogP contribution in [0.3, 0.4) is 0 Å². The third kappa shape index (κ3) is 3.34. The highest BCUT2D eigenvalue weighted by atomic mass is 16.5. The van der Waals surface area contributed by atoms with E-state index in [0.717, 1.165) is 24.2 Å². The first-order valence-corrected chi connectivity index (χ1v) is 8.79. The number of nitrogens with zero attached hydrogens (tertiary/aromatic N) is 1. The molecule has 0 spiro atoms. The summed E-state index contributed by atoms with van der Waals surface area (Å²) in [6.07, 6.45) is 3.49. The van der Waals surface area contributed by atoms with E-state index in [9.17, 15) is 19.2 Å². The molecule has 1 atom stereocenters. The maximum atomic E-state index is 12.2. The Labute approximate surface area is 151 Å². The molecule has 0 aromatic heterocycles. The lowest BCUT2D eigenvalue weighted by Gasteiger charge is -2.18. The van der Waals surface area contributed by atoms with Crippen molar-refractivity contribution in [2.45, 2.75) is 45.1 Å². The van der Waals surface area contributed by atoms with E-state index >= 15 is 0 Å². The third-order valence-corrected chi connectivity index (χ3v) is 5.12. The molecule has 1 saturated heterocycles. The minimum Gasteiger partial charge on any atom is -0.456 e. The number of imide groups is 1. The molecule has 3 rings (SSSR count). The number of hydrogen-bond donors (Lipinski definition) is 1. The Hall–Kier alpha value is -2.70. The molecular weight excluding hydrogens is 336 g/mol. The molecule has 2 aliphatic rings. The number of Topliss-reactive ketones (excluding diaryl/α,β-unsaturated/α-hetero) is 1. The maximum Gasteiger partial charge on any atom is 0.326 e. The first-order valence-electron chi connectivity index (χ1n) is 8.79. The molecule has 1 N–H and O–H groups in total. The minimum atomic E-state index is -1.00. The van der Waals surface area contributed by atoms with E-state index in [0.29, 0.717) is 12.0 Å². The van der Waals surface area contributed by atoms with Gasteiger partial charge in [0.2, 0.25) is 0 Å². The van der Waals surface area contributed by atoms with Gasteiger partial charge in [0.05, 0.1) is 0 Å². The van der Waals surface area contributed by atoms with Crippen molar-refractivity contribution in [1.29, 1.82) is 0 Å². The Morgan fingerprint density at radius 2 is 1.96 bits per heavy atom. The molecule has 1 aromatic carbocycles. The summed E-state index contributed by atoms with van der Waals surface area (Å²) < 4.78 is 4.98. The maximum absolute atomic E-state index is 12.2. The second-order valence-electron chi connectivity index (χ2n) is 6.93. The van der Waals surface area contributed by atoms with Crippen molar-refractivity contribution in [3.63, 3.8) is 0 Å². The number of ether oxygens (including phenoxy) is 1. The number of rotatable bonds is 6. The molecule has 0 radical (unpaired) electrons. The van der Waals surface area contributed by atoms with Crippen LogP contribution in [0.4, 0.5) is 4.79 Å². The molecule has 1 aliphatic heterocycles. The van der Waals surface area contributed by atoms with Gasteiger partial charge in [-0.05, 0) is 49.8 Å². The van der Waals surface area contributed by atoms with E-state index in [4.69, 9.17) is 4.74 Å². The van der Waals surface area contributed by atoms with Crippen molar-refractivity contribution in [2.75, 3.05) is 13.2 Å². The summed E-state index contributed by atoms with van der Waals surface area (Å²) >= 11 is 0. The molecule has 3 amide bonds. The number of urea groups is 1. The van der Waals surface area contributed by atoms with Gasteiger partial charge in [0.1, 0.15) is 12.1 Å². The number of benzene rings is 1. The van der Waals surface area contributed by atoms with Crippen molar-refractivity contribution in [3.05, 3.63) is 34.9 Å². The van der Waals surface area contributed by atoms with E-state index in [2.05, 4.69) is 5.32 Å². The van der Waals surface area contributed by atoms with Gasteiger partial charge in [-0.25, -0.2) is 4.79 Å². The van der Waals surface area contributed by atoms with E-state index in [1.807, 2.05) is 12.1 Å². The second kappa shape index (κ2) is 6.90. The average molecular weight is 358 g/mol. The number of hydrogen-bond acceptors (Lipinski definition) is 5. The molecule has 1 fully saturated rings. The van der Waals surface area contributed by atoms with Gasteiger partial charge in [0.25, 0.3) is 5.91 Å². The van der Waals surface area contributed by atoms with Crippen LogP contribution in [0.1, 0.15) is 48.2 Å². The summed E-state index contributed by atoms with van der Waals surface area (Å²) in [5.74, 6) is -1.56. The standard InChI is InChI=1S/C19H22N2O5/c1-3-19(2)17(24)21(18(25)20-19)10-16(23)26-11-15(22)14-8-7-12-5-4-6-13(12)9-14/h7-9H,3-6,10-11H2,1-2H3,(H,20,25)/t19-/m0/s1. The topological polar surface area (TPSA) is 92.8 Å². The predicted molar refractivity (Wildman–Crippen MR) is 92.7 cm³/mol. The SMILES string of the molecule is CC[C@]1(C)NC(=O)N(CC(=O)OCC(=O)c2ccc3c(c2)CCC3)C1=O. The van der Waals surface area contributed by atoms with Crippen LogP contribution in [0.25, 0.3) is 0 Å². The van der Waals surface area contributed by atoms with Gasteiger partial charge in [0.15, 0.2) is 12.4 Å². The Balaban J connectivity index is 1.55. The summed E-state index contributed by atoms with van der Waals surface area (Å²) in [5.41, 5.74) is 1.93. The number of carbonyl (C=O) groups excluding carboxylic acids is 4. The third-order valence-electron chi connectivity index (χ3n) is 5.12. The molecule has 0 unspecified atom stereocenters. The fraction of sp³-hybridized carbons (Fsp3) is 0.474. The Bertz CT molecular complexity index is 788. The number of aryl methyl sites for hydroxylation is 2. The van der Waals surface area contributed by atoms with Gasteiger partial charge in [-0.3, -0.25) is 19.3 Å². The minimum absolute atomic E-state index is 0.302. The van der Waals surface area contributed by atoms with Crippen LogP contribution in [-0.2, 0) is 27.2 Å². The lowest BCUT2D eigenvalue weighted by molar-refractivity contribution is -0.146. The first-order chi connectivity index (χ1) is 12.3. The Morgan fingerprint density at radius 1 is 1.23 bits per heavy atom. The highest BCUT2D eigenvalue weighted by Crippen LogP contribution is 2.23. The zero-order valence-corrected chi connectivity index (χ0v) is 15.0. The molecule has 7 heteroatoms. The number of nitrogens with one attached hydrogen (secondary N) is 1. The molecule has 1 aliphatic carbocycles. The Morgan fingerprint density at radius 3 is 2.65 bits per heavy atom. The molecule has 1 heterocycles. The number of carbonyl (C=O) groups is 4. The lowest BCUT2D eigenvalue weighted by Crippen LogP contribution is -2.43. The van der Waals surface area contributed by atoms with Gasteiger partial charge >= 0.3 is 12.0 Å². The summed E-state index contributed by atoms with van der Waals surface area (Å²) in [7, 11) is 0. The van der Waals surface area contributed by atoms with Gasteiger partial charge in [-0.2, -0.15) is 0 Å². The molecule has 7 nitrogen and oxygen atoms in total. The molecule has 0 saturated carbocycles. The van der Waals surface area contributed by atoms with Crippen LogP contribution in [0.5, 0.6) is 0 Å². The number of esters is 1. The number of amides is 3. The lowest BCUT2D eigenvalue weighted by atomic mass is 9.99. The van der Waals surface area contributed by atoms with Crippen molar-refractivity contribution >= 4 is 23.7 Å². The largest absolute Gasteiger partial charge is 0.456 e. The van der Waals surface area contributed by atoms with Gasteiger partial charge in [-0.15, -0.1) is 0 Å². The number of ketones is 1. The van der Waals surface area contributed by atoms with Crippen LogP contribution in [0.15, 0.2) is 18.2 Å². The average Bonchev–Trinajstić information content (AvgIpc) is 3.18. The van der Waals surface area contributed by atoms with Crippen LogP contribution in [-0.4, -0.2) is 47.3 Å². The van der Waals surface area contributed by atoms with Gasteiger partial charge in [0, 0.05) is 5.56 Å². The molecule has 1 aromatic rings. The van der Waals surface area contributed by atoms with Crippen LogP contribution < -0.4 is 5.32 Å². The highest BCUT2D eigenvalue weighted by Gasteiger charge is 2.47. The van der Waals surface area contributed by atoms with Gasteiger partial charge < -0.3 is 10.1 Å². The zero-order chi connectivity index (χ0) is 18.9. The summed E-state index contributed by atoms with van der Waals surface area (Å²) in [5, 5.41) is 2.56. The van der Waals surface area contributed by atoms with Crippen molar-refractivity contribution in [3.8, 4) is 0 Å². The van der Waals surface area contributed by atoms with Crippen molar-refractivity contribution in [2.24, 2.45) is 0 Å². The molecule has 138 valence electrons. The van der Waals surface area contributed by atoms with E-state index < -0.39 is 36.6 Å². The first kappa shape index (κ1) is 18.1. The number of fused-ring (bicyclic) bond motifs is 1. The quantitative estimate of drug-likeness (QED) is 0.474. The smallest absolute Gasteiger partial charge is 0.326 e. The summed E-state index contributed by atoms with van der Waals surface area (Å²) in [6, 6.07) is 4.91. The Kier molecular flexibility index (Phi) is 4.80. The fourth-order valence-corrected chi connectivity index (χ4v) is 3.28. The molecule has 0 bridgehead atoms. The fourth-order valence-electron chi connectivity index (χ4n) is 3.28. The van der Waals surface area contributed by atoms with Crippen LogP contribution >= 0.6 is 0 Å². The van der Waals surface area contributed by atoms with E-state index in [1.165, 1.54) is 11.1 Å². The highest BCUT2D eigenvalue weighted by molar-refractivity contribution is 6.08. The monoisotopic (exact) mass is 358 g/mol. The normalized spacial score (nSPS) is 21.5. The van der Waals surface area contributed by atoms with Crippen molar-refractivity contribution in [1.82, 2.24) is 10.2 Å². The summed E-state index contributed by atoms with van der Waals surface area (Å²) in [6.45, 7) is 2.47. The summed E-state index contributed by atoms with van der Waals surface area (Å²) in [4.78, 5) is 49.1. The van der Waals surface area contributed by atoms with Crippen molar-refractivity contribution < 1.29 is 23.9 Å². The van der Waals surface area contributed by atoms with Crippen LogP contribution in [0, 0.1) is 0 Å². The molecule has 26 heavy (non-hydrogen) atoms. The molecular formula is C19H22N2O5. The predicted octanol–water partition coefficient (Wildman–Crippen LogP) is 1.62. The zero-order valence-electron chi connectivity index (χ0n) is 15.0. The van der Waals surface area contributed by atoms with E-state index in [1.54, 1.807) is 19.9 Å². The van der Waals surface area contributed by atoms with E-state index in [-0.39, 0.29) is 5.78 Å².